The molecule has 60 valence electrons. The molecule has 0 amide bonds. The zero-order valence-electron chi connectivity index (χ0n) is 6.89. The first kappa shape index (κ1) is 8.02. The molecule has 0 unspecified atom stereocenters. The third-order valence-electron chi connectivity index (χ3n) is 1.59. The molecule has 1 fully saturated rings. The Hall–Kier alpha value is -0.0800. The lowest BCUT2D eigenvalue weighted by Gasteiger charge is -2.06. The van der Waals surface area contributed by atoms with Gasteiger partial charge in [-0.1, -0.05) is 13.8 Å². The lowest BCUT2D eigenvalue weighted by Crippen LogP contribution is -2.20. The predicted molar refractivity (Wildman–Crippen MR) is 41.5 cm³/mol. The second kappa shape index (κ2) is 3.94. The Kier molecular flexibility index (Phi) is 3.16. The zero-order valence-corrected chi connectivity index (χ0v) is 6.89. The molecule has 1 rings (SSSR count). The lowest BCUT2D eigenvalue weighted by molar-refractivity contribution is 0.0216. The van der Waals surface area contributed by atoms with Gasteiger partial charge < -0.3 is 4.84 Å². The number of hydrogen-bond acceptors (Lipinski definition) is 2. The minimum Gasteiger partial charge on any atom is -0.302 e. The van der Waals surface area contributed by atoms with Crippen LogP contribution in [0.3, 0.4) is 0 Å². The van der Waals surface area contributed by atoms with Crippen molar-refractivity contribution in [2.75, 3.05) is 13.2 Å². The van der Waals surface area contributed by atoms with Gasteiger partial charge in [0.1, 0.15) is 0 Å². The highest BCUT2D eigenvalue weighted by molar-refractivity contribution is 4.73. The Morgan fingerprint density at radius 2 is 2.20 bits per heavy atom. The summed E-state index contributed by atoms with van der Waals surface area (Å²) < 4.78 is 0. The van der Waals surface area contributed by atoms with Gasteiger partial charge in [0.2, 0.25) is 0 Å². The summed E-state index contributed by atoms with van der Waals surface area (Å²) in [6.45, 7) is 6.18. The largest absolute Gasteiger partial charge is 0.302 e. The van der Waals surface area contributed by atoms with Crippen LogP contribution >= 0.6 is 0 Å². The highest BCUT2D eigenvalue weighted by Gasteiger charge is 2.20. The summed E-state index contributed by atoms with van der Waals surface area (Å²) in [6, 6.07) is 0. The van der Waals surface area contributed by atoms with Crippen LogP contribution in [0.25, 0.3) is 0 Å². The van der Waals surface area contributed by atoms with Crippen LogP contribution in [0.4, 0.5) is 0 Å². The van der Waals surface area contributed by atoms with E-state index in [1.54, 1.807) is 0 Å². The number of hydroxylamine groups is 1. The molecule has 1 N–H and O–H groups in total. The van der Waals surface area contributed by atoms with E-state index in [2.05, 4.69) is 19.3 Å². The molecular formula is C8H17NO. The van der Waals surface area contributed by atoms with Crippen LogP contribution in [-0.2, 0) is 4.84 Å². The summed E-state index contributed by atoms with van der Waals surface area (Å²) >= 11 is 0. The van der Waals surface area contributed by atoms with Crippen molar-refractivity contribution < 1.29 is 4.84 Å². The van der Waals surface area contributed by atoms with Crippen LogP contribution in [0, 0.1) is 11.8 Å². The summed E-state index contributed by atoms with van der Waals surface area (Å²) in [5.74, 6) is 1.54. The molecule has 2 heteroatoms. The maximum atomic E-state index is 5.20. The van der Waals surface area contributed by atoms with Crippen molar-refractivity contribution in [1.29, 1.82) is 0 Å². The van der Waals surface area contributed by atoms with Crippen LogP contribution in [0.1, 0.15) is 26.7 Å². The Morgan fingerprint density at radius 3 is 2.70 bits per heavy atom. The van der Waals surface area contributed by atoms with E-state index >= 15 is 0 Å². The van der Waals surface area contributed by atoms with Gasteiger partial charge in [-0.05, 0) is 24.7 Å². The second-order valence-electron chi connectivity index (χ2n) is 3.50. The summed E-state index contributed by atoms with van der Waals surface area (Å²) in [4.78, 5) is 5.20. The summed E-state index contributed by atoms with van der Waals surface area (Å²) in [7, 11) is 0. The molecule has 1 aliphatic carbocycles. The van der Waals surface area contributed by atoms with Gasteiger partial charge in [-0.15, -0.1) is 0 Å². The minimum atomic E-state index is 0.631. The van der Waals surface area contributed by atoms with Crippen molar-refractivity contribution in [1.82, 2.24) is 5.48 Å². The standard InChI is InChI=1S/C8H17NO/c1-7(2)6-10-9-5-8-3-4-8/h7-9H,3-6H2,1-2H3. The molecule has 0 radical (unpaired) electrons. The van der Waals surface area contributed by atoms with Gasteiger partial charge in [0.05, 0.1) is 6.61 Å². The summed E-state index contributed by atoms with van der Waals surface area (Å²) in [5.41, 5.74) is 2.98. The maximum Gasteiger partial charge on any atom is 0.0705 e. The fourth-order valence-corrected chi connectivity index (χ4v) is 0.724. The first-order valence-corrected chi connectivity index (χ1v) is 4.13. The Morgan fingerprint density at radius 1 is 1.50 bits per heavy atom. The summed E-state index contributed by atoms with van der Waals surface area (Å²) in [5, 5.41) is 0. The number of hydrogen-bond donors (Lipinski definition) is 1. The normalized spacial score (nSPS) is 18.3. The van der Waals surface area contributed by atoms with Crippen molar-refractivity contribution in [3.05, 3.63) is 0 Å². The molecule has 2 nitrogen and oxygen atoms in total. The van der Waals surface area contributed by atoms with E-state index in [1.165, 1.54) is 12.8 Å². The predicted octanol–water partition coefficient (Wildman–Crippen LogP) is 1.57. The van der Waals surface area contributed by atoms with E-state index in [0.29, 0.717) is 5.92 Å². The Bertz CT molecular complexity index is 85.3. The van der Waals surface area contributed by atoms with Gasteiger partial charge in [-0.2, -0.15) is 0 Å². The van der Waals surface area contributed by atoms with Crippen molar-refractivity contribution in [3.8, 4) is 0 Å². The van der Waals surface area contributed by atoms with E-state index in [9.17, 15) is 0 Å². The van der Waals surface area contributed by atoms with E-state index in [0.717, 1.165) is 19.1 Å². The van der Waals surface area contributed by atoms with E-state index in [-0.39, 0.29) is 0 Å². The lowest BCUT2D eigenvalue weighted by atomic mass is 10.2. The van der Waals surface area contributed by atoms with Crippen LogP contribution in [0.15, 0.2) is 0 Å². The van der Waals surface area contributed by atoms with Crippen molar-refractivity contribution in [2.45, 2.75) is 26.7 Å². The number of rotatable bonds is 5. The third kappa shape index (κ3) is 3.85. The molecule has 0 aliphatic heterocycles. The molecule has 1 saturated carbocycles. The average Bonchev–Trinajstić information content (AvgIpc) is 2.62. The quantitative estimate of drug-likeness (QED) is 0.466. The molecule has 0 spiro atoms. The fraction of sp³-hybridized carbons (Fsp3) is 1.00. The monoisotopic (exact) mass is 143 g/mol. The third-order valence-corrected chi connectivity index (χ3v) is 1.59. The molecule has 0 bridgehead atoms. The molecule has 0 aromatic carbocycles. The molecule has 10 heavy (non-hydrogen) atoms. The van der Waals surface area contributed by atoms with E-state index < -0.39 is 0 Å². The highest BCUT2D eigenvalue weighted by Crippen LogP contribution is 2.27. The number of nitrogens with one attached hydrogen (secondary N) is 1. The van der Waals surface area contributed by atoms with E-state index in [1.807, 2.05) is 0 Å². The molecule has 0 atom stereocenters. The van der Waals surface area contributed by atoms with Gasteiger partial charge in [-0.3, -0.25) is 0 Å². The van der Waals surface area contributed by atoms with E-state index in [4.69, 9.17) is 4.84 Å². The topological polar surface area (TPSA) is 21.3 Å². The first-order valence-electron chi connectivity index (χ1n) is 4.13. The van der Waals surface area contributed by atoms with Crippen molar-refractivity contribution >= 4 is 0 Å². The van der Waals surface area contributed by atoms with Crippen LogP contribution < -0.4 is 5.48 Å². The highest BCUT2D eigenvalue weighted by atomic mass is 16.6. The molecular weight excluding hydrogens is 126 g/mol. The van der Waals surface area contributed by atoms with Crippen LogP contribution in [0.2, 0.25) is 0 Å². The molecule has 1 aliphatic rings. The Labute approximate surface area is 62.9 Å². The van der Waals surface area contributed by atoms with Gasteiger partial charge in [0.25, 0.3) is 0 Å². The van der Waals surface area contributed by atoms with Crippen LogP contribution in [-0.4, -0.2) is 13.2 Å². The van der Waals surface area contributed by atoms with Gasteiger partial charge >= 0.3 is 0 Å². The van der Waals surface area contributed by atoms with Crippen LogP contribution in [0.5, 0.6) is 0 Å². The minimum absolute atomic E-state index is 0.631. The van der Waals surface area contributed by atoms with Gasteiger partial charge in [0, 0.05) is 6.54 Å². The molecule has 0 heterocycles. The molecule has 0 aromatic rings. The first-order chi connectivity index (χ1) is 4.79. The fourth-order valence-electron chi connectivity index (χ4n) is 0.724. The van der Waals surface area contributed by atoms with Gasteiger partial charge in [0.15, 0.2) is 0 Å². The average molecular weight is 143 g/mol. The SMILES string of the molecule is CC(C)CONCC1CC1. The maximum absolute atomic E-state index is 5.20. The Balaban J connectivity index is 1.76. The van der Waals surface area contributed by atoms with Crippen molar-refractivity contribution in [3.63, 3.8) is 0 Å². The molecule has 0 aromatic heterocycles. The molecule has 0 saturated heterocycles. The second-order valence-corrected chi connectivity index (χ2v) is 3.50. The van der Waals surface area contributed by atoms with Crippen molar-refractivity contribution in [2.24, 2.45) is 11.8 Å². The smallest absolute Gasteiger partial charge is 0.0705 e. The zero-order chi connectivity index (χ0) is 7.40. The van der Waals surface area contributed by atoms with Gasteiger partial charge in [-0.25, -0.2) is 5.48 Å². The summed E-state index contributed by atoms with van der Waals surface area (Å²) in [6.07, 6.45) is 2.77.